The summed E-state index contributed by atoms with van der Waals surface area (Å²) in [6.45, 7) is 0. The van der Waals surface area contributed by atoms with Gasteiger partial charge in [-0.3, -0.25) is 4.99 Å². The molecule has 1 spiro atoms. The van der Waals surface area contributed by atoms with Gasteiger partial charge in [-0.15, -0.1) is 0 Å². The Hall–Kier alpha value is -0.220. The van der Waals surface area contributed by atoms with E-state index < -0.39 is 0 Å². The summed E-state index contributed by atoms with van der Waals surface area (Å²) < 4.78 is 5.42. The predicted octanol–water partition coefficient (Wildman–Crippen LogP) is 2.95. The molecule has 3 rings (SSSR count). The second-order valence-electron chi connectivity index (χ2n) is 6.01. The third kappa shape index (κ3) is 2.69. The van der Waals surface area contributed by atoms with Gasteiger partial charge in [-0.1, -0.05) is 31.0 Å². The van der Waals surface area contributed by atoms with Crippen LogP contribution in [0.4, 0.5) is 0 Å². The first-order chi connectivity index (χ1) is 8.80. The lowest BCUT2D eigenvalue weighted by Crippen LogP contribution is -2.45. The Balaban J connectivity index is 1.58. The van der Waals surface area contributed by atoms with Gasteiger partial charge in [0.2, 0.25) is 0 Å². The quantitative estimate of drug-likeness (QED) is 0.836. The fourth-order valence-electron chi connectivity index (χ4n) is 3.49. The molecule has 0 aromatic heterocycles. The highest BCUT2D eigenvalue weighted by atomic mass is 32.2. The first-order valence-electron chi connectivity index (χ1n) is 7.31. The van der Waals surface area contributed by atoms with Gasteiger partial charge in [0, 0.05) is 18.4 Å². The number of amidine groups is 1. The van der Waals surface area contributed by atoms with E-state index in [0.29, 0.717) is 17.7 Å². The molecule has 2 aliphatic carbocycles. The number of hydrogen-bond acceptors (Lipinski definition) is 3. The summed E-state index contributed by atoms with van der Waals surface area (Å²) in [5.74, 6) is 1.23. The summed E-state index contributed by atoms with van der Waals surface area (Å²) >= 11 is 1.94. The fourth-order valence-corrected chi connectivity index (χ4v) is 4.77. The number of thioether (sulfide) groups is 1. The molecule has 2 atom stereocenters. The number of ether oxygens (including phenoxy) is 1. The minimum atomic E-state index is 0.390. The van der Waals surface area contributed by atoms with Crippen LogP contribution in [0.5, 0.6) is 0 Å². The number of rotatable bonds is 2. The summed E-state index contributed by atoms with van der Waals surface area (Å²) in [7, 11) is 1.82. The van der Waals surface area contributed by atoms with Crippen LogP contribution in [0.25, 0.3) is 0 Å². The highest BCUT2D eigenvalue weighted by Gasteiger charge is 2.38. The van der Waals surface area contributed by atoms with Gasteiger partial charge in [-0.2, -0.15) is 0 Å². The van der Waals surface area contributed by atoms with Crippen molar-refractivity contribution in [3.05, 3.63) is 0 Å². The summed E-state index contributed by atoms with van der Waals surface area (Å²) in [4.78, 5) is 4.91. The van der Waals surface area contributed by atoms with Crippen molar-refractivity contribution < 1.29 is 4.74 Å². The van der Waals surface area contributed by atoms with E-state index in [4.69, 9.17) is 9.73 Å². The molecule has 0 aromatic carbocycles. The maximum Gasteiger partial charge on any atom is 0.157 e. The lowest BCUT2D eigenvalue weighted by molar-refractivity contribution is 0.108. The van der Waals surface area contributed by atoms with Crippen molar-refractivity contribution >= 4 is 16.9 Å². The SMILES string of the molecule is COC1CCC(N=C2NC3(CCCCC3)CS2)C1. The van der Waals surface area contributed by atoms with Crippen molar-refractivity contribution in [2.75, 3.05) is 12.9 Å². The van der Waals surface area contributed by atoms with Gasteiger partial charge in [0.15, 0.2) is 5.17 Å². The van der Waals surface area contributed by atoms with Crippen molar-refractivity contribution in [2.45, 2.75) is 69.1 Å². The molecule has 3 aliphatic rings. The van der Waals surface area contributed by atoms with Gasteiger partial charge in [0.05, 0.1) is 12.1 Å². The van der Waals surface area contributed by atoms with Gasteiger partial charge < -0.3 is 10.1 Å². The lowest BCUT2D eigenvalue weighted by atomic mass is 9.83. The number of aliphatic imine (C=N–C) groups is 1. The summed E-state index contributed by atoms with van der Waals surface area (Å²) in [5, 5.41) is 4.95. The van der Waals surface area contributed by atoms with Gasteiger partial charge >= 0.3 is 0 Å². The Kier molecular flexibility index (Phi) is 3.85. The minimum Gasteiger partial charge on any atom is -0.381 e. The van der Waals surface area contributed by atoms with Gasteiger partial charge in [0.25, 0.3) is 0 Å². The molecule has 2 saturated carbocycles. The molecule has 3 nitrogen and oxygen atoms in total. The number of methoxy groups -OCH3 is 1. The molecule has 1 saturated heterocycles. The zero-order chi connectivity index (χ0) is 12.4. The highest BCUT2D eigenvalue weighted by molar-refractivity contribution is 8.14. The Morgan fingerprint density at radius 1 is 1.28 bits per heavy atom. The summed E-state index contributed by atoms with van der Waals surface area (Å²) in [6.07, 6.45) is 10.8. The molecule has 1 heterocycles. The highest BCUT2D eigenvalue weighted by Crippen LogP contribution is 2.37. The largest absolute Gasteiger partial charge is 0.381 e. The minimum absolute atomic E-state index is 0.390. The molecule has 1 N–H and O–H groups in total. The topological polar surface area (TPSA) is 33.6 Å². The van der Waals surface area contributed by atoms with Crippen molar-refractivity contribution in [3.63, 3.8) is 0 Å². The van der Waals surface area contributed by atoms with Crippen LogP contribution in [-0.2, 0) is 4.74 Å². The average Bonchev–Trinajstić information content (AvgIpc) is 2.99. The van der Waals surface area contributed by atoms with E-state index >= 15 is 0 Å². The van der Waals surface area contributed by atoms with Crippen LogP contribution in [0.1, 0.15) is 51.4 Å². The Bertz CT molecular complexity index is 326. The molecule has 0 aromatic rings. The Morgan fingerprint density at radius 3 is 2.83 bits per heavy atom. The smallest absolute Gasteiger partial charge is 0.157 e. The molecule has 3 fully saturated rings. The first kappa shape index (κ1) is 12.8. The third-order valence-electron chi connectivity index (χ3n) is 4.66. The predicted molar refractivity (Wildman–Crippen MR) is 77.3 cm³/mol. The second kappa shape index (κ2) is 5.41. The van der Waals surface area contributed by atoms with Crippen LogP contribution in [0.2, 0.25) is 0 Å². The van der Waals surface area contributed by atoms with Gasteiger partial charge in [-0.05, 0) is 32.1 Å². The van der Waals surface area contributed by atoms with Gasteiger partial charge in [-0.25, -0.2) is 0 Å². The number of nitrogens with one attached hydrogen (secondary N) is 1. The molecular formula is C14H24N2OS. The van der Waals surface area contributed by atoms with E-state index in [-0.39, 0.29) is 0 Å². The zero-order valence-electron chi connectivity index (χ0n) is 11.3. The third-order valence-corrected chi connectivity index (χ3v) is 5.84. The molecule has 0 bridgehead atoms. The monoisotopic (exact) mass is 268 g/mol. The standard InChI is InChI=1S/C14H24N2OS/c1-17-12-6-5-11(9-12)15-13-16-14(10-18-13)7-3-2-4-8-14/h11-12H,2-10H2,1H3,(H,15,16). The van der Waals surface area contributed by atoms with Crippen LogP contribution < -0.4 is 5.32 Å². The average molecular weight is 268 g/mol. The van der Waals surface area contributed by atoms with E-state index in [9.17, 15) is 0 Å². The fraction of sp³-hybridized carbons (Fsp3) is 0.929. The van der Waals surface area contributed by atoms with Crippen LogP contribution in [0.3, 0.4) is 0 Å². The van der Waals surface area contributed by atoms with Crippen LogP contribution in [0, 0.1) is 0 Å². The molecular weight excluding hydrogens is 244 g/mol. The normalized spacial score (nSPS) is 37.3. The van der Waals surface area contributed by atoms with Crippen LogP contribution in [0.15, 0.2) is 4.99 Å². The van der Waals surface area contributed by atoms with Crippen molar-refractivity contribution in [1.82, 2.24) is 5.32 Å². The molecule has 0 amide bonds. The lowest BCUT2D eigenvalue weighted by Gasteiger charge is -2.32. The van der Waals surface area contributed by atoms with E-state index in [2.05, 4.69) is 5.32 Å². The maximum atomic E-state index is 5.42. The Morgan fingerprint density at radius 2 is 2.11 bits per heavy atom. The van der Waals surface area contributed by atoms with E-state index in [1.54, 1.807) is 0 Å². The van der Waals surface area contributed by atoms with Crippen LogP contribution in [-0.4, -0.2) is 35.7 Å². The molecule has 102 valence electrons. The number of hydrogen-bond donors (Lipinski definition) is 1. The Labute approximate surface area is 114 Å². The zero-order valence-corrected chi connectivity index (χ0v) is 12.1. The van der Waals surface area contributed by atoms with E-state index in [0.717, 1.165) is 6.42 Å². The number of nitrogens with zero attached hydrogens (tertiary/aromatic N) is 1. The van der Waals surface area contributed by atoms with Crippen molar-refractivity contribution in [3.8, 4) is 0 Å². The molecule has 0 radical (unpaired) electrons. The molecule has 2 unspecified atom stereocenters. The first-order valence-corrected chi connectivity index (χ1v) is 8.30. The molecule has 18 heavy (non-hydrogen) atoms. The second-order valence-corrected chi connectivity index (χ2v) is 6.98. The van der Waals surface area contributed by atoms with Crippen molar-refractivity contribution in [1.29, 1.82) is 0 Å². The van der Waals surface area contributed by atoms with Gasteiger partial charge in [0.1, 0.15) is 0 Å². The van der Waals surface area contributed by atoms with E-state index in [1.165, 1.54) is 55.9 Å². The molecule has 4 heteroatoms. The summed E-state index contributed by atoms with van der Waals surface area (Å²) in [5.41, 5.74) is 0.390. The van der Waals surface area contributed by atoms with Crippen LogP contribution >= 0.6 is 11.8 Å². The summed E-state index contributed by atoms with van der Waals surface area (Å²) in [6, 6.07) is 0.490. The van der Waals surface area contributed by atoms with E-state index in [1.807, 2.05) is 18.9 Å². The maximum absolute atomic E-state index is 5.42. The van der Waals surface area contributed by atoms with Crippen molar-refractivity contribution in [2.24, 2.45) is 4.99 Å². The molecule has 1 aliphatic heterocycles.